The number of aliphatic hydroxyl groups is 1. The molecular formula is C20H23FN2O2. The molecular weight excluding hydrogens is 319 g/mol. The number of alkyl halides is 1. The van der Waals surface area contributed by atoms with E-state index < -0.39 is 12.3 Å². The Morgan fingerprint density at radius 2 is 1.92 bits per heavy atom. The molecule has 4 nitrogen and oxygen atoms in total. The predicted octanol–water partition coefficient (Wildman–Crippen LogP) is 3.49. The van der Waals surface area contributed by atoms with Crippen molar-refractivity contribution in [3.63, 3.8) is 0 Å². The number of aliphatic hydroxyl groups excluding tert-OH is 1. The standard InChI is InChI=1S/C20H23FN2O2/c1-13(25)8-15-10-22-20(23-11-15)17-5-3-16(4-6-17)18-7-2-14(12-24)9-19(18)21/h3-6,10-14,18-19,25H,2,7-9H2,1H3. The molecule has 0 spiro atoms. The van der Waals surface area contributed by atoms with E-state index in [0.29, 0.717) is 25.1 Å². The number of rotatable bonds is 5. The minimum absolute atomic E-state index is 0.139. The summed E-state index contributed by atoms with van der Waals surface area (Å²) in [6.07, 6.45) is 5.25. The molecule has 1 aromatic carbocycles. The molecule has 4 unspecified atom stereocenters. The second kappa shape index (κ2) is 7.83. The van der Waals surface area contributed by atoms with Gasteiger partial charge in [-0.3, -0.25) is 0 Å². The smallest absolute Gasteiger partial charge is 0.159 e. The summed E-state index contributed by atoms with van der Waals surface area (Å²) in [6, 6.07) is 7.69. The van der Waals surface area contributed by atoms with Gasteiger partial charge in [-0.15, -0.1) is 0 Å². The maximum Gasteiger partial charge on any atom is 0.159 e. The second-order valence-electron chi connectivity index (χ2n) is 6.92. The fourth-order valence-electron chi connectivity index (χ4n) is 3.47. The normalized spacial score (nSPS) is 24.7. The van der Waals surface area contributed by atoms with E-state index in [4.69, 9.17) is 0 Å². The van der Waals surface area contributed by atoms with Crippen LogP contribution in [0.15, 0.2) is 36.7 Å². The Kier molecular flexibility index (Phi) is 5.53. The van der Waals surface area contributed by atoms with Crippen LogP contribution in [0.5, 0.6) is 0 Å². The Bertz CT molecular complexity index is 701. The van der Waals surface area contributed by atoms with Gasteiger partial charge < -0.3 is 9.90 Å². The summed E-state index contributed by atoms with van der Waals surface area (Å²) in [5, 5.41) is 9.39. The summed E-state index contributed by atoms with van der Waals surface area (Å²) in [7, 11) is 0. The Morgan fingerprint density at radius 1 is 1.24 bits per heavy atom. The topological polar surface area (TPSA) is 63.1 Å². The van der Waals surface area contributed by atoms with E-state index in [9.17, 15) is 14.3 Å². The Morgan fingerprint density at radius 3 is 2.48 bits per heavy atom. The van der Waals surface area contributed by atoms with E-state index in [1.165, 1.54) is 0 Å². The molecule has 0 amide bonds. The summed E-state index contributed by atoms with van der Waals surface area (Å²) in [6.45, 7) is 1.73. The fraction of sp³-hybridized carbons (Fsp3) is 0.450. The third-order valence-electron chi connectivity index (χ3n) is 4.84. The molecule has 1 heterocycles. The van der Waals surface area contributed by atoms with Crippen molar-refractivity contribution in [3.8, 4) is 11.4 Å². The van der Waals surface area contributed by atoms with Gasteiger partial charge in [0.25, 0.3) is 0 Å². The molecule has 25 heavy (non-hydrogen) atoms. The molecule has 0 radical (unpaired) electrons. The Balaban J connectivity index is 1.71. The lowest BCUT2D eigenvalue weighted by Crippen LogP contribution is -2.25. The van der Waals surface area contributed by atoms with Crippen LogP contribution in [0.1, 0.15) is 43.2 Å². The van der Waals surface area contributed by atoms with Crippen LogP contribution in [0.25, 0.3) is 11.4 Å². The van der Waals surface area contributed by atoms with Gasteiger partial charge in [-0.1, -0.05) is 24.3 Å². The molecule has 3 rings (SSSR count). The SMILES string of the molecule is CC(O)Cc1cnc(-c2ccc(C3CCC(C=O)CC3F)cc2)nc1. The monoisotopic (exact) mass is 342 g/mol. The predicted molar refractivity (Wildman–Crippen MR) is 93.9 cm³/mol. The van der Waals surface area contributed by atoms with E-state index >= 15 is 0 Å². The minimum atomic E-state index is -0.967. The first kappa shape index (κ1) is 17.7. The molecule has 1 aromatic heterocycles. The average molecular weight is 342 g/mol. The number of carbonyl (C=O) groups excluding carboxylic acids is 1. The third-order valence-corrected chi connectivity index (χ3v) is 4.84. The highest BCUT2D eigenvalue weighted by molar-refractivity contribution is 5.56. The van der Waals surface area contributed by atoms with Gasteiger partial charge in [-0.25, -0.2) is 14.4 Å². The molecule has 1 aliphatic carbocycles. The van der Waals surface area contributed by atoms with Crippen molar-refractivity contribution in [3.05, 3.63) is 47.8 Å². The zero-order chi connectivity index (χ0) is 17.8. The molecule has 0 saturated heterocycles. The van der Waals surface area contributed by atoms with Crippen molar-refractivity contribution in [2.45, 2.75) is 50.8 Å². The summed E-state index contributed by atoms with van der Waals surface area (Å²) in [4.78, 5) is 19.5. The number of hydrogen-bond acceptors (Lipinski definition) is 4. The number of hydrogen-bond donors (Lipinski definition) is 1. The van der Waals surface area contributed by atoms with Gasteiger partial charge in [0, 0.05) is 36.2 Å². The van der Waals surface area contributed by atoms with Crippen LogP contribution in [0, 0.1) is 5.92 Å². The van der Waals surface area contributed by atoms with Gasteiger partial charge in [0.2, 0.25) is 0 Å². The molecule has 1 aliphatic rings. The van der Waals surface area contributed by atoms with E-state index in [-0.39, 0.29) is 11.8 Å². The molecule has 5 heteroatoms. The summed E-state index contributed by atoms with van der Waals surface area (Å²) < 4.78 is 14.3. The van der Waals surface area contributed by atoms with Crippen LogP contribution < -0.4 is 0 Å². The first-order valence-electron chi connectivity index (χ1n) is 8.75. The molecule has 4 atom stereocenters. The number of nitrogens with zero attached hydrogens (tertiary/aromatic N) is 2. The van der Waals surface area contributed by atoms with Crippen molar-refractivity contribution in [2.24, 2.45) is 5.92 Å². The van der Waals surface area contributed by atoms with Gasteiger partial charge in [0.15, 0.2) is 5.82 Å². The van der Waals surface area contributed by atoms with Gasteiger partial charge in [-0.2, -0.15) is 0 Å². The van der Waals surface area contributed by atoms with Gasteiger partial charge >= 0.3 is 0 Å². The van der Waals surface area contributed by atoms with Crippen molar-refractivity contribution in [1.82, 2.24) is 9.97 Å². The fourth-order valence-corrected chi connectivity index (χ4v) is 3.47. The first-order valence-corrected chi connectivity index (χ1v) is 8.75. The lowest BCUT2D eigenvalue weighted by molar-refractivity contribution is -0.112. The quantitative estimate of drug-likeness (QED) is 0.845. The summed E-state index contributed by atoms with van der Waals surface area (Å²) >= 11 is 0. The van der Waals surface area contributed by atoms with Crippen LogP contribution >= 0.6 is 0 Å². The summed E-state index contributed by atoms with van der Waals surface area (Å²) in [5.41, 5.74) is 2.73. The van der Waals surface area contributed by atoms with Crippen LogP contribution in [0.4, 0.5) is 4.39 Å². The number of aldehydes is 1. The maximum atomic E-state index is 14.3. The zero-order valence-electron chi connectivity index (χ0n) is 14.3. The highest BCUT2D eigenvalue weighted by Crippen LogP contribution is 2.37. The van der Waals surface area contributed by atoms with Crippen LogP contribution in [0.2, 0.25) is 0 Å². The Hall–Kier alpha value is -2.14. The van der Waals surface area contributed by atoms with Gasteiger partial charge in [-0.05, 0) is 37.3 Å². The lowest BCUT2D eigenvalue weighted by Gasteiger charge is -2.29. The van der Waals surface area contributed by atoms with Gasteiger partial charge in [0.05, 0.1) is 6.10 Å². The maximum absolute atomic E-state index is 14.3. The van der Waals surface area contributed by atoms with Crippen molar-refractivity contribution >= 4 is 6.29 Å². The van der Waals surface area contributed by atoms with Crippen LogP contribution in [-0.4, -0.2) is 33.6 Å². The van der Waals surface area contributed by atoms with Crippen molar-refractivity contribution in [1.29, 1.82) is 0 Å². The third kappa shape index (κ3) is 4.28. The van der Waals surface area contributed by atoms with Crippen LogP contribution in [0.3, 0.4) is 0 Å². The van der Waals surface area contributed by atoms with Crippen molar-refractivity contribution in [2.75, 3.05) is 0 Å². The molecule has 1 saturated carbocycles. The highest BCUT2D eigenvalue weighted by Gasteiger charge is 2.31. The Labute approximate surface area is 147 Å². The molecule has 0 bridgehead atoms. The number of aromatic nitrogens is 2. The molecule has 1 fully saturated rings. The molecule has 0 aliphatic heterocycles. The average Bonchev–Trinajstić information content (AvgIpc) is 2.62. The first-order chi connectivity index (χ1) is 12.1. The van der Waals surface area contributed by atoms with Gasteiger partial charge in [0.1, 0.15) is 12.5 Å². The highest BCUT2D eigenvalue weighted by atomic mass is 19.1. The number of carbonyl (C=O) groups is 1. The molecule has 1 N–H and O–H groups in total. The van der Waals surface area contributed by atoms with E-state index in [2.05, 4.69) is 9.97 Å². The molecule has 2 aromatic rings. The minimum Gasteiger partial charge on any atom is -0.393 e. The van der Waals surface area contributed by atoms with Crippen molar-refractivity contribution < 1.29 is 14.3 Å². The number of halogens is 1. The molecule has 132 valence electrons. The lowest BCUT2D eigenvalue weighted by atomic mass is 9.78. The van der Waals surface area contributed by atoms with E-state index in [1.54, 1.807) is 19.3 Å². The van der Waals surface area contributed by atoms with E-state index in [1.807, 2.05) is 24.3 Å². The largest absolute Gasteiger partial charge is 0.393 e. The second-order valence-corrected chi connectivity index (χ2v) is 6.92. The van der Waals surface area contributed by atoms with E-state index in [0.717, 1.165) is 29.4 Å². The number of benzene rings is 1. The summed E-state index contributed by atoms with van der Waals surface area (Å²) in [5.74, 6) is 0.334. The van der Waals surface area contributed by atoms with Crippen LogP contribution in [-0.2, 0) is 11.2 Å². The zero-order valence-corrected chi connectivity index (χ0v) is 14.3.